The average Bonchev–Trinajstić information content (AvgIpc) is 2.91. The maximum absolute atomic E-state index is 12.5. The van der Waals surface area contributed by atoms with Crippen LogP contribution in [0.3, 0.4) is 0 Å². The predicted octanol–water partition coefficient (Wildman–Crippen LogP) is 1.09. The molecule has 1 saturated heterocycles. The lowest BCUT2D eigenvalue weighted by Gasteiger charge is -2.32. The number of aromatic nitrogens is 2. The Morgan fingerprint density at radius 1 is 1.23 bits per heavy atom. The molecule has 1 fully saturated rings. The fourth-order valence-corrected chi connectivity index (χ4v) is 3.55. The first-order chi connectivity index (χ1) is 12.6. The third-order valence-electron chi connectivity index (χ3n) is 5.10. The second kappa shape index (κ2) is 8.51. The van der Waals surface area contributed by atoms with E-state index in [0.29, 0.717) is 26.1 Å². The normalized spacial score (nSPS) is 15.7. The number of amides is 1. The van der Waals surface area contributed by atoms with Crippen molar-refractivity contribution in [1.82, 2.24) is 14.0 Å². The molecular formula is C19H28N4O3. The van der Waals surface area contributed by atoms with Gasteiger partial charge in [0.15, 0.2) is 0 Å². The van der Waals surface area contributed by atoms with Crippen LogP contribution in [0.5, 0.6) is 0 Å². The zero-order valence-electron chi connectivity index (χ0n) is 15.4. The largest absolute Gasteiger partial charge is 0.378 e. The molecule has 2 N–H and O–H groups in total. The number of rotatable bonds is 7. The number of fused-ring (bicyclic) bond motifs is 1. The number of piperidine rings is 1. The average molecular weight is 360 g/mol. The van der Waals surface area contributed by atoms with Crippen molar-refractivity contribution in [2.24, 2.45) is 12.8 Å². The number of hydrogen-bond donors (Lipinski definition) is 1. The van der Waals surface area contributed by atoms with E-state index in [-0.39, 0.29) is 17.7 Å². The van der Waals surface area contributed by atoms with Crippen molar-refractivity contribution in [3.63, 3.8) is 0 Å². The molecule has 1 aliphatic rings. The lowest BCUT2D eigenvalue weighted by molar-refractivity contribution is -0.134. The number of carbonyl (C=O) groups excluding carboxylic acids is 1. The van der Waals surface area contributed by atoms with Crippen LogP contribution in [0.1, 0.15) is 25.7 Å². The lowest BCUT2D eigenvalue weighted by atomic mass is 10.1. The van der Waals surface area contributed by atoms with Gasteiger partial charge in [-0.2, -0.15) is 0 Å². The molecule has 0 aliphatic carbocycles. The minimum Gasteiger partial charge on any atom is -0.378 e. The van der Waals surface area contributed by atoms with Gasteiger partial charge in [-0.3, -0.25) is 13.9 Å². The van der Waals surface area contributed by atoms with Crippen LogP contribution in [-0.2, 0) is 23.1 Å². The molecule has 1 aromatic carbocycles. The Morgan fingerprint density at radius 2 is 1.92 bits per heavy atom. The summed E-state index contributed by atoms with van der Waals surface area (Å²) in [6.07, 6.45) is 3.17. The molecule has 2 aromatic rings. The molecule has 1 aromatic heterocycles. The van der Waals surface area contributed by atoms with E-state index in [2.05, 4.69) is 0 Å². The number of likely N-dealkylation sites (tertiary alicyclic amines) is 1. The number of nitrogens with two attached hydrogens (primary N) is 1. The van der Waals surface area contributed by atoms with E-state index in [4.69, 9.17) is 10.5 Å². The summed E-state index contributed by atoms with van der Waals surface area (Å²) < 4.78 is 9.10. The van der Waals surface area contributed by atoms with Crippen LogP contribution < -0.4 is 11.4 Å². The van der Waals surface area contributed by atoms with E-state index in [1.165, 1.54) is 0 Å². The van der Waals surface area contributed by atoms with Gasteiger partial charge in [-0.15, -0.1) is 0 Å². The quantitative estimate of drug-likeness (QED) is 0.749. The van der Waals surface area contributed by atoms with Crippen LogP contribution in [0.15, 0.2) is 29.1 Å². The first kappa shape index (κ1) is 18.7. The molecule has 0 unspecified atom stereocenters. The molecule has 1 amide bonds. The highest BCUT2D eigenvalue weighted by Crippen LogP contribution is 2.16. The summed E-state index contributed by atoms with van der Waals surface area (Å²) in [6.45, 7) is 3.18. The number of carbonyl (C=O) groups is 1. The second-order valence-electron chi connectivity index (χ2n) is 6.83. The SMILES string of the molecule is Cn1c(=O)n(CCC(=O)N2CCC(OCCCN)CC2)c2ccccc21. The molecule has 0 spiro atoms. The fourth-order valence-electron chi connectivity index (χ4n) is 3.55. The smallest absolute Gasteiger partial charge is 0.328 e. The van der Waals surface area contributed by atoms with E-state index < -0.39 is 0 Å². The van der Waals surface area contributed by atoms with Gasteiger partial charge in [0, 0.05) is 39.7 Å². The number of nitrogens with zero attached hydrogens (tertiary/aromatic N) is 3. The maximum atomic E-state index is 12.5. The Kier molecular flexibility index (Phi) is 6.11. The standard InChI is InChI=1S/C19H28N4O3/c1-21-16-5-2-3-6-17(16)23(19(21)25)13-9-18(24)22-11-7-15(8-12-22)26-14-4-10-20/h2-3,5-6,15H,4,7-14,20H2,1H3. The molecule has 0 radical (unpaired) electrons. The van der Waals surface area contributed by atoms with Crippen molar-refractivity contribution >= 4 is 16.9 Å². The third-order valence-corrected chi connectivity index (χ3v) is 5.10. The van der Waals surface area contributed by atoms with Gasteiger partial charge < -0.3 is 15.4 Å². The van der Waals surface area contributed by atoms with Crippen molar-refractivity contribution < 1.29 is 9.53 Å². The molecule has 7 nitrogen and oxygen atoms in total. The van der Waals surface area contributed by atoms with Crippen LogP contribution in [0.2, 0.25) is 0 Å². The summed E-state index contributed by atoms with van der Waals surface area (Å²) in [5.74, 6) is 0.102. The first-order valence-corrected chi connectivity index (χ1v) is 9.35. The molecule has 0 bridgehead atoms. The topological polar surface area (TPSA) is 82.5 Å². The van der Waals surface area contributed by atoms with Crippen LogP contribution >= 0.6 is 0 Å². The molecule has 7 heteroatoms. The summed E-state index contributed by atoms with van der Waals surface area (Å²) in [5.41, 5.74) is 7.16. The highest BCUT2D eigenvalue weighted by Gasteiger charge is 2.23. The number of ether oxygens (including phenoxy) is 1. The number of hydrogen-bond acceptors (Lipinski definition) is 4. The van der Waals surface area contributed by atoms with Gasteiger partial charge in [-0.05, 0) is 37.9 Å². The number of para-hydroxylation sites is 2. The van der Waals surface area contributed by atoms with E-state index in [9.17, 15) is 9.59 Å². The Labute approximate surface area is 153 Å². The fraction of sp³-hybridized carbons (Fsp3) is 0.579. The van der Waals surface area contributed by atoms with Gasteiger partial charge >= 0.3 is 5.69 Å². The Hall–Kier alpha value is -2.12. The molecule has 0 saturated carbocycles. The maximum Gasteiger partial charge on any atom is 0.328 e. The summed E-state index contributed by atoms with van der Waals surface area (Å²) in [5, 5.41) is 0. The highest BCUT2D eigenvalue weighted by atomic mass is 16.5. The monoisotopic (exact) mass is 360 g/mol. The van der Waals surface area contributed by atoms with Crippen molar-refractivity contribution in [1.29, 1.82) is 0 Å². The first-order valence-electron chi connectivity index (χ1n) is 9.35. The van der Waals surface area contributed by atoms with Gasteiger partial charge in [0.2, 0.25) is 5.91 Å². The van der Waals surface area contributed by atoms with Gasteiger partial charge in [0.1, 0.15) is 0 Å². The minimum absolute atomic E-state index is 0.0778. The van der Waals surface area contributed by atoms with Crippen LogP contribution in [0.25, 0.3) is 11.0 Å². The van der Waals surface area contributed by atoms with Gasteiger partial charge in [0.25, 0.3) is 0 Å². The van der Waals surface area contributed by atoms with E-state index >= 15 is 0 Å². The van der Waals surface area contributed by atoms with Crippen LogP contribution in [0, 0.1) is 0 Å². The lowest BCUT2D eigenvalue weighted by Crippen LogP contribution is -2.41. The second-order valence-corrected chi connectivity index (χ2v) is 6.83. The molecule has 0 atom stereocenters. The van der Waals surface area contributed by atoms with Gasteiger partial charge in [0.05, 0.1) is 17.1 Å². The predicted molar refractivity (Wildman–Crippen MR) is 101 cm³/mol. The summed E-state index contributed by atoms with van der Waals surface area (Å²) in [7, 11) is 1.76. The van der Waals surface area contributed by atoms with Crippen molar-refractivity contribution in [3.05, 3.63) is 34.7 Å². The van der Waals surface area contributed by atoms with Crippen LogP contribution in [0.4, 0.5) is 0 Å². The Balaban J connectivity index is 1.54. The minimum atomic E-state index is -0.0778. The molecule has 2 heterocycles. The van der Waals surface area contributed by atoms with Crippen molar-refractivity contribution in [3.8, 4) is 0 Å². The zero-order valence-corrected chi connectivity index (χ0v) is 15.4. The number of imidazole rings is 1. The highest BCUT2D eigenvalue weighted by molar-refractivity contribution is 5.78. The van der Waals surface area contributed by atoms with E-state index in [1.54, 1.807) is 16.2 Å². The van der Waals surface area contributed by atoms with Crippen molar-refractivity contribution in [2.45, 2.75) is 38.3 Å². The van der Waals surface area contributed by atoms with Gasteiger partial charge in [-0.25, -0.2) is 4.79 Å². The third kappa shape index (κ3) is 3.99. The van der Waals surface area contributed by atoms with Gasteiger partial charge in [-0.1, -0.05) is 12.1 Å². The van der Waals surface area contributed by atoms with E-state index in [1.807, 2.05) is 29.2 Å². The molecule has 3 rings (SSSR count). The molecule has 26 heavy (non-hydrogen) atoms. The molecular weight excluding hydrogens is 332 g/mol. The van der Waals surface area contributed by atoms with Crippen LogP contribution in [-0.4, -0.2) is 52.3 Å². The number of benzene rings is 1. The van der Waals surface area contributed by atoms with E-state index in [0.717, 1.165) is 43.4 Å². The zero-order chi connectivity index (χ0) is 18.5. The molecule has 1 aliphatic heterocycles. The molecule has 142 valence electrons. The Morgan fingerprint density at radius 3 is 2.62 bits per heavy atom. The summed E-state index contributed by atoms with van der Waals surface area (Å²) in [4.78, 5) is 26.8. The van der Waals surface area contributed by atoms with Crippen molar-refractivity contribution in [2.75, 3.05) is 26.2 Å². The summed E-state index contributed by atoms with van der Waals surface area (Å²) >= 11 is 0. The Bertz CT molecular complexity index is 803. The summed E-state index contributed by atoms with van der Waals surface area (Å²) in [6, 6.07) is 7.67. The number of aryl methyl sites for hydroxylation is 2.